The molecule has 0 N–H and O–H groups in total. The highest BCUT2D eigenvalue weighted by Gasteiger charge is 2.13. The number of allylic oxidation sites excluding steroid dienone is 3. The van der Waals surface area contributed by atoms with Crippen molar-refractivity contribution in [1.82, 2.24) is 0 Å². The summed E-state index contributed by atoms with van der Waals surface area (Å²) in [5, 5.41) is 0. The van der Waals surface area contributed by atoms with Gasteiger partial charge in [-0.1, -0.05) is 52.9 Å². The fourth-order valence-electron chi connectivity index (χ4n) is 1.75. The van der Waals surface area contributed by atoms with Crippen molar-refractivity contribution in [3.63, 3.8) is 0 Å². The number of halogens is 1. The van der Waals surface area contributed by atoms with Crippen LogP contribution in [0.15, 0.2) is 41.4 Å². The summed E-state index contributed by atoms with van der Waals surface area (Å²) < 4.78 is 1.28. The molecule has 0 heterocycles. The predicted octanol–water partition coefficient (Wildman–Crippen LogP) is 3.92. The molecule has 0 nitrogen and oxygen atoms in total. The van der Waals surface area contributed by atoms with E-state index in [9.17, 15) is 0 Å². The molecule has 2 rings (SSSR count). The van der Waals surface area contributed by atoms with Crippen LogP contribution in [0, 0.1) is 0 Å². The number of hydrogen-bond donors (Lipinski definition) is 0. The van der Waals surface area contributed by atoms with Gasteiger partial charge in [0.1, 0.15) is 0 Å². The molecule has 0 unspecified atom stereocenters. The first-order valence-electron chi connectivity index (χ1n) is 4.42. The number of hydrogen-bond acceptors (Lipinski definition) is 0. The van der Waals surface area contributed by atoms with E-state index in [1.165, 1.54) is 21.2 Å². The van der Waals surface area contributed by atoms with Gasteiger partial charge in [0.25, 0.3) is 0 Å². The minimum atomic E-state index is 1.10. The van der Waals surface area contributed by atoms with Crippen molar-refractivity contribution < 1.29 is 0 Å². The maximum Gasteiger partial charge on any atom is 0.00322 e. The maximum atomic E-state index is 3.85. The lowest BCUT2D eigenvalue weighted by molar-refractivity contribution is 0.970. The molecule has 0 aromatic heterocycles. The summed E-state index contributed by atoms with van der Waals surface area (Å²) in [6.45, 7) is 3.85. The van der Waals surface area contributed by atoms with Crippen LogP contribution in [0.3, 0.4) is 0 Å². The third-order valence-electron chi connectivity index (χ3n) is 2.42. The molecule has 66 valence electrons. The van der Waals surface area contributed by atoms with Gasteiger partial charge in [-0.3, -0.25) is 0 Å². The van der Waals surface area contributed by atoms with Gasteiger partial charge in [0.15, 0.2) is 0 Å². The van der Waals surface area contributed by atoms with Gasteiger partial charge in [-0.2, -0.15) is 0 Å². The summed E-state index contributed by atoms with van der Waals surface area (Å²) in [5.41, 5.74) is 4.01. The Labute approximate surface area is 87.1 Å². The van der Waals surface area contributed by atoms with Crippen molar-refractivity contribution in [1.29, 1.82) is 0 Å². The normalized spacial score (nSPS) is 15.5. The minimum Gasteiger partial charge on any atom is -0.0984 e. The van der Waals surface area contributed by atoms with Gasteiger partial charge in [-0.15, -0.1) is 0 Å². The highest BCUT2D eigenvalue weighted by molar-refractivity contribution is 9.11. The van der Waals surface area contributed by atoms with Crippen molar-refractivity contribution in [3.8, 4) is 0 Å². The first-order chi connectivity index (χ1) is 6.33. The number of aryl methyl sites for hydroxylation is 1. The molecule has 0 saturated carbocycles. The fraction of sp³-hybridized carbons (Fsp3) is 0.167. The summed E-state index contributed by atoms with van der Waals surface area (Å²) in [6.07, 6.45) is 4.16. The molecule has 0 fully saturated rings. The van der Waals surface area contributed by atoms with Crippen LogP contribution < -0.4 is 0 Å². The minimum absolute atomic E-state index is 1.10. The third-order valence-corrected chi connectivity index (χ3v) is 3.24. The summed E-state index contributed by atoms with van der Waals surface area (Å²) >= 11 is 3.59. The molecule has 1 aromatic rings. The van der Waals surface area contributed by atoms with E-state index < -0.39 is 0 Å². The van der Waals surface area contributed by atoms with Crippen LogP contribution in [0.1, 0.15) is 17.5 Å². The van der Waals surface area contributed by atoms with E-state index in [4.69, 9.17) is 0 Å². The lowest BCUT2D eigenvalue weighted by Crippen LogP contribution is -2.00. The molecule has 0 aliphatic heterocycles. The zero-order valence-electron chi connectivity index (χ0n) is 7.39. The quantitative estimate of drug-likeness (QED) is 0.691. The molecule has 0 radical (unpaired) electrons. The van der Waals surface area contributed by atoms with Gasteiger partial charge in [0.2, 0.25) is 0 Å². The van der Waals surface area contributed by atoms with Crippen LogP contribution in [0.2, 0.25) is 0 Å². The van der Waals surface area contributed by atoms with Gasteiger partial charge in [0, 0.05) is 4.48 Å². The Morgan fingerprint density at radius 1 is 1.23 bits per heavy atom. The summed E-state index contributed by atoms with van der Waals surface area (Å²) in [4.78, 5) is 0. The standard InChI is InChI=1S/C12H11Br/c1-2-10-11-6-4-3-5-9(11)7-8-12(10)13/h2-6H,1,7-8H2. The Morgan fingerprint density at radius 3 is 2.77 bits per heavy atom. The van der Waals surface area contributed by atoms with Crippen LogP contribution >= 0.6 is 15.9 Å². The Bertz CT molecular complexity index is 374. The molecule has 0 spiro atoms. The second-order valence-electron chi connectivity index (χ2n) is 3.18. The van der Waals surface area contributed by atoms with E-state index in [0.29, 0.717) is 0 Å². The molecule has 1 aliphatic carbocycles. The molecular weight excluding hydrogens is 224 g/mol. The molecule has 0 bridgehead atoms. The maximum absolute atomic E-state index is 3.85. The first kappa shape index (κ1) is 8.76. The Kier molecular flexibility index (Phi) is 2.36. The average Bonchev–Trinajstić information content (AvgIpc) is 2.18. The van der Waals surface area contributed by atoms with Gasteiger partial charge in [-0.25, -0.2) is 0 Å². The molecule has 0 saturated heterocycles. The van der Waals surface area contributed by atoms with Crippen molar-refractivity contribution in [2.75, 3.05) is 0 Å². The first-order valence-corrected chi connectivity index (χ1v) is 5.21. The topological polar surface area (TPSA) is 0 Å². The van der Waals surface area contributed by atoms with Crippen molar-refractivity contribution in [2.45, 2.75) is 12.8 Å². The SMILES string of the molecule is C=CC1=C(Br)CCc2ccccc21. The molecule has 0 amide bonds. The van der Waals surface area contributed by atoms with Crippen molar-refractivity contribution in [3.05, 3.63) is 52.5 Å². The van der Waals surface area contributed by atoms with Crippen LogP contribution in [-0.2, 0) is 6.42 Å². The summed E-state index contributed by atoms with van der Waals surface area (Å²) in [6, 6.07) is 8.53. The van der Waals surface area contributed by atoms with Gasteiger partial charge in [-0.05, 0) is 29.5 Å². The fourth-order valence-corrected chi connectivity index (χ4v) is 2.32. The molecule has 0 atom stereocenters. The van der Waals surface area contributed by atoms with E-state index >= 15 is 0 Å². The van der Waals surface area contributed by atoms with Crippen LogP contribution in [0.4, 0.5) is 0 Å². The second-order valence-corrected chi connectivity index (χ2v) is 4.14. The van der Waals surface area contributed by atoms with Crippen molar-refractivity contribution >= 4 is 21.5 Å². The van der Waals surface area contributed by atoms with E-state index in [1.807, 2.05) is 6.08 Å². The Balaban J connectivity index is 2.61. The lowest BCUT2D eigenvalue weighted by atomic mass is 9.91. The van der Waals surface area contributed by atoms with Gasteiger partial charge >= 0.3 is 0 Å². The average molecular weight is 235 g/mol. The van der Waals surface area contributed by atoms with E-state index in [2.05, 4.69) is 46.8 Å². The highest BCUT2D eigenvalue weighted by atomic mass is 79.9. The zero-order valence-corrected chi connectivity index (χ0v) is 8.97. The van der Waals surface area contributed by atoms with Gasteiger partial charge in [0.05, 0.1) is 0 Å². The van der Waals surface area contributed by atoms with Crippen LogP contribution in [0.5, 0.6) is 0 Å². The molecular formula is C12H11Br. The summed E-state index contributed by atoms with van der Waals surface area (Å²) in [5.74, 6) is 0. The molecule has 1 aliphatic rings. The Morgan fingerprint density at radius 2 is 2.00 bits per heavy atom. The molecule has 13 heavy (non-hydrogen) atoms. The predicted molar refractivity (Wildman–Crippen MR) is 60.8 cm³/mol. The van der Waals surface area contributed by atoms with E-state index in [-0.39, 0.29) is 0 Å². The monoisotopic (exact) mass is 234 g/mol. The molecule has 1 aromatic carbocycles. The third kappa shape index (κ3) is 1.49. The zero-order chi connectivity index (χ0) is 9.26. The molecule has 1 heteroatoms. The van der Waals surface area contributed by atoms with E-state index in [0.717, 1.165) is 12.8 Å². The number of fused-ring (bicyclic) bond motifs is 1. The summed E-state index contributed by atoms with van der Waals surface area (Å²) in [7, 11) is 0. The lowest BCUT2D eigenvalue weighted by Gasteiger charge is -2.17. The van der Waals surface area contributed by atoms with Crippen molar-refractivity contribution in [2.24, 2.45) is 0 Å². The highest BCUT2D eigenvalue weighted by Crippen LogP contribution is 2.34. The van der Waals surface area contributed by atoms with Crippen LogP contribution in [-0.4, -0.2) is 0 Å². The van der Waals surface area contributed by atoms with Gasteiger partial charge < -0.3 is 0 Å². The number of benzene rings is 1. The Hall–Kier alpha value is -0.820. The largest absolute Gasteiger partial charge is 0.0984 e. The number of rotatable bonds is 1. The van der Waals surface area contributed by atoms with Crippen LogP contribution in [0.25, 0.3) is 5.57 Å². The van der Waals surface area contributed by atoms with E-state index in [1.54, 1.807) is 0 Å². The smallest absolute Gasteiger partial charge is 0.00322 e. The second kappa shape index (κ2) is 3.51.